The van der Waals surface area contributed by atoms with Gasteiger partial charge in [-0.15, -0.1) is 11.3 Å². The summed E-state index contributed by atoms with van der Waals surface area (Å²) in [7, 11) is 0. The van der Waals surface area contributed by atoms with Gasteiger partial charge in [-0.2, -0.15) is 0 Å². The van der Waals surface area contributed by atoms with E-state index in [1.54, 1.807) is 11.3 Å². The van der Waals surface area contributed by atoms with Crippen LogP contribution in [0.1, 0.15) is 42.4 Å². The van der Waals surface area contributed by atoms with E-state index in [0.717, 1.165) is 15.6 Å². The fraction of sp³-hybridized carbons (Fsp3) is 0.667. The Hall–Kier alpha value is -0.940. The Kier molecular flexibility index (Phi) is 4.65. The zero-order valence-electron chi connectivity index (χ0n) is 11.0. The topological polar surface area (TPSA) is 53.4 Å². The number of carbonyl (C=O) groups is 1. The van der Waals surface area contributed by atoms with Gasteiger partial charge < -0.3 is 5.11 Å². The van der Waals surface area contributed by atoms with Gasteiger partial charge in [-0.25, -0.2) is 4.98 Å². The third-order valence-corrected chi connectivity index (χ3v) is 4.04. The minimum atomic E-state index is -0.788. The quantitative estimate of drug-likeness (QED) is 0.880. The highest BCUT2D eigenvalue weighted by Crippen LogP contribution is 2.29. The van der Waals surface area contributed by atoms with Gasteiger partial charge >= 0.3 is 5.97 Å². The van der Waals surface area contributed by atoms with Gasteiger partial charge in [-0.05, 0) is 34.6 Å². The first-order valence-electron chi connectivity index (χ1n) is 5.74. The summed E-state index contributed by atoms with van der Waals surface area (Å²) in [4.78, 5) is 18.4. The molecule has 1 aromatic rings. The maximum Gasteiger partial charge on any atom is 0.317 e. The van der Waals surface area contributed by atoms with Crippen molar-refractivity contribution in [1.29, 1.82) is 0 Å². The fourth-order valence-corrected chi connectivity index (χ4v) is 3.01. The maximum absolute atomic E-state index is 10.9. The lowest BCUT2D eigenvalue weighted by Gasteiger charge is -2.30. The molecule has 1 heterocycles. The molecule has 0 fully saturated rings. The summed E-state index contributed by atoms with van der Waals surface area (Å²) in [6.07, 6.45) is 0. The first-order valence-corrected chi connectivity index (χ1v) is 6.56. The standard InChI is InChI=1S/C12H20N2O2S/c1-7(2)14(6-11(15)16)9(4)12-8(3)13-10(5)17-12/h7,9H,6H2,1-5H3,(H,15,16). The molecule has 0 aliphatic carbocycles. The summed E-state index contributed by atoms with van der Waals surface area (Å²) in [5.74, 6) is -0.788. The highest BCUT2D eigenvalue weighted by atomic mass is 32.1. The minimum absolute atomic E-state index is 0.0647. The van der Waals surface area contributed by atoms with Crippen LogP contribution in [0.5, 0.6) is 0 Å². The molecule has 0 amide bonds. The lowest BCUT2D eigenvalue weighted by molar-refractivity contribution is -0.139. The highest BCUT2D eigenvalue weighted by Gasteiger charge is 2.24. The summed E-state index contributed by atoms with van der Waals surface area (Å²) in [6, 6.07) is 0.292. The fourth-order valence-electron chi connectivity index (χ4n) is 2.01. The van der Waals surface area contributed by atoms with Crippen molar-refractivity contribution in [1.82, 2.24) is 9.88 Å². The predicted octanol–water partition coefficient (Wildman–Crippen LogP) is 2.62. The van der Waals surface area contributed by atoms with E-state index in [2.05, 4.69) is 4.98 Å². The second-order valence-corrected chi connectivity index (χ2v) is 5.75. The number of aryl methyl sites for hydroxylation is 2. The van der Waals surface area contributed by atoms with Gasteiger partial charge in [0.25, 0.3) is 0 Å². The largest absolute Gasteiger partial charge is 0.480 e. The molecule has 1 N–H and O–H groups in total. The van der Waals surface area contributed by atoms with E-state index in [-0.39, 0.29) is 18.6 Å². The number of hydrogen-bond donors (Lipinski definition) is 1. The summed E-state index contributed by atoms with van der Waals surface area (Å²) in [6.45, 7) is 10.1. The molecule has 17 heavy (non-hydrogen) atoms. The van der Waals surface area contributed by atoms with Crippen molar-refractivity contribution < 1.29 is 9.90 Å². The molecule has 1 atom stereocenters. The van der Waals surface area contributed by atoms with Crippen molar-refractivity contribution in [3.63, 3.8) is 0 Å². The van der Waals surface area contributed by atoms with Crippen LogP contribution in [0, 0.1) is 13.8 Å². The van der Waals surface area contributed by atoms with Crippen LogP contribution in [0.15, 0.2) is 0 Å². The summed E-state index contributed by atoms with van der Waals surface area (Å²) >= 11 is 1.65. The SMILES string of the molecule is Cc1nc(C)c(C(C)N(CC(=O)O)C(C)C)s1. The van der Waals surface area contributed by atoms with E-state index in [9.17, 15) is 4.79 Å². The molecule has 0 aliphatic rings. The average Bonchev–Trinajstić information content (AvgIpc) is 2.52. The molecular formula is C12H20N2O2S. The molecule has 4 nitrogen and oxygen atoms in total. The summed E-state index contributed by atoms with van der Waals surface area (Å²) in [5.41, 5.74) is 1.01. The molecule has 1 unspecified atom stereocenters. The second kappa shape index (κ2) is 5.60. The van der Waals surface area contributed by atoms with Crippen LogP contribution in [0.3, 0.4) is 0 Å². The Balaban J connectivity index is 2.95. The first-order chi connectivity index (χ1) is 7.82. The van der Waals surface area contributed by atoms with E-state index in [1.165, 1.54) is 0 Å². The lowest BCUT2D eigenvalue weighted by Crippen LogP contribution is -2.37. The van der Waals surface area contributed by atoms with Gasteiger partial charge in [0, 0.05) is 17.0 Å². The van der Waals surface area contributed by atoms with Gasteiger partial charge in [-0.1, -0.05) is 0 Å². The van der Waals surface area contributed by atoms with Crippen LogP contribution >= 0.6 is 11.3 Å². The molecular weight excluding hydrogens is 236 g/mol. The van der Waals surface area contributed by atoms with Gasteiger partial charge in [-0.3, -0.25) is 9.69 Å². The smallest absolute Gasteiger partial charge is 0.317 e. The number of nitrogens with zero attached hydrogens (tertiary/aromatic N) is 2. The summed E-state index contributed by atoms with van der Waals surface area (Å²) < 4.78 is 0. The normalized spacial score (nSPS) is 13.4. The molecule has 1 rings (SSSR count). The van der Waals surface area contributed by atoms with Crippen LogP contribution in [0.25, 0.3) is 0 Å². The Morgan fingerprint density at radius 3 is 2.35 bits per heavy atom. The molecule has 96 valence electrons. The summed E-state index contributed by atoms with van der Waals surface area (Å²) in [5, 5.41) is 9.98. The first kappa shape index (κ1) is 14.1. The van der Waals surface area contributed by atoms with Crippen molar-refractivity contribution in [3.8, 4) is 0 Å². The van der Waals surface area contributed by atoms with Crippen molar-refractivity contribution in [2.24, 2.45) is 0 Å². The van der Waals surface area contributed by atoms with E-state index < -0.39 is 5.97 Å². The molecule has 5 heteroatoms. The Morgan fingerprint density at radius 1 is 1.41 bits per heavy atom. The number of hydrogen-bond acceptors (Lipinski definition) is 4. The van der Waals surface area contributed by atoms with E-state index in [0.29, 0.717) is 0 Å². The average molecular weight is 256 g/mol. The number of aromatic nitrogens is 1. The zero-order valence-corrected chi connectivity index (χ0v) is 11.8. The van der Waals surface area contributed by atoms with E-state index >= 15 is 0 Å². The molecule has 0 radical (unpaired) electrons. The van der Waals surface area contributed by atoms with Gasteiger partial charge in [0.15, 0.2) is 0 Å². The third kappa shape index (κ3) is 3.51. The van der Waals surface area contributed by atoms with Crippen molar-refractivity contribution in [3.05, 3.63) is 15.6 Å². The van der Waals surface area contributed by atoms with Crippen LogP contribution in [0.4, 0.5) is 0 Å². The molecule has 1 aromatic heterocycles. The monoisotopic (exact) mass is 256 g/mol. The van der Waals surface area contributed by atoms with Crippen LogP contribution in [-0.2, 0) is 4.79 Å². The molecule has 0 aromatic carbocycles. The molecule has 0 aliphatic heterocycles. The lowest BCUT2D eigenvalue weighted by atomic mass is 10.1. The second-order valence-electron chi connectivity index (χ2n) is 4.52. The van der Waals surface area contributed by atoms with Gasteiger partial charge in [0.1, 0.15) is 0 Å². The van der Waals surface area contributed by atoms with Gasteiger partial charge in [0.05, 0.1) is 17.2 Å². The number of carboxylic acids is 1. The van der Waals surface area contributed by atoms with E-state index in [4.69, 9.17) is 5.11 Å². The number of aliphatic carboxylic acids is 1. The highest BCUT2D eigenvalue weighted by molar-refractivity contribution is 7.11. The minimum Gasteiger partial charge on any atom is -0.480 e. The van der Waals surface area contributed by atoms with Crippen LogP contribution in [0.2, 0.25) is 0 Å². The van der Waals surface area contributed by atoms with Crippen LogP contribution < -0.4 is 0 Å². The van der Waals surface area contributed by atoms with Crippen molar-refractivity contribution in [2.75, 3.05) is 6.54 Å². The van der Waals surface area contributed by atoms with E-state index in [1.807, 2.05) is 39.5 Å². The molecule has 0 saturated carbocycles. The van der Waals surface area contributed by atoms with Crippen molar-refractivity contribution in [2.45, 2.75) is 46.7 Å². The number of carboxylic acid groups (broad SMARTS) is 1. The van der Waals surface area contributed by atoms with Crippen LogP contribution in [-0.4, -0.2) is 33.5 Å². The molecule has 0 bridgehead atoms. The number of thiazole rings is 1. The van der Waals surface area contributed by atoms with Crippen molar-refractivity contribution >= 4 is 17.3 Å². The third-order valence-electron chi connectivity index (χ3n) is 2.80. The van der Waals surface area contributed by atoms with Gasteiger partial charge in [0.2, 0.25) is 0 Å². The molecule has 0 saturated heterocycles. The molecule has 0 spiro atoms. The maximum atomic E-state index is 10.9. The Morgan fingerprint density at radius 2 is 2.00 bits per heavy atom. The zero-order chi connectivity index (χ0) is 13.2. The Labute approximate surface area is 106 Å². The Bertz CT molecular complexity index is 401. The predicted molar refractivity (Wildman–Crippen MR) is 69.5 cm³/mol. The number of rotatable bonds is 5.